The maximum Gasteiger partial charge on any atom is 0.337 e. The third kappa shape index (κ3) is 3.91. The highest BCUT2D eigenvalue weighted by molar-refractivity contribution is 6.07. The highest BCUT2D eigenvalue weighted by Gasteiger charge is 2.23. The highest BCUT2D eigenvalue weighted by atomic mass is 16.5. The third-order valence-electron chi connectivity index (χ3n) is 5.69. The summed E-state index contributed by atoms with van der Waals surface area (Å²) in [5.41, 5.74) is 3.21. The van der Waals surface area contributed by atoms with E-state index >= 15 is 0 Å². The van der Waals surface area contributed by atoms with Gasteiger partial charge in [-0.3, -0.25) is 0 Å². The number of ether oxygens (including phenoxy) is 2. The monoisotopic (exact) mass is 454 g/mol. The molecule has 0 fully saturated rings. The number of pyridine rings is 1. The Morgan fingerprint density at radius 2 is 1.65 bits per heavy atom. The molecule has 4 rings (SSSR count). The van der Waals surface area contributed by atoms with Crippen LogP contribution in [0.1, 0.15) is 34.5 Å². The number of aliphatic hydroxyl groups excluding tert-OH is 1. The Morgan fingerprint density at radius 3 is 2.24 bits per heavy atom. The zero-order chi connectivity index (χ0) is 24.4. The zero-order valence-corrected chi connectivity index (χ0v) is 18.9. The standard InChI is InChI=1S/C27H22N2O5/c1-15(30)19-12-20-22(13-24(19)34-3)29-26(21(14-28)25(20)27(31)32)17-10-8-16(9-11-17)18-6-4-5-7-23(18)33-2/h4-13,15,30H,1-3H3,(H,31,32). The van der Waals surface area contributed by atoms with Crippen molar-refractivity contribution in [3.8, 4) is 40.0 Å². The summed E-state index contributed by atoms with van der Waals surface area (Å²) in [6.45, 7) is 1.56. The fraction of sp³-hybridized carbons (Fsp3) is 0.148. The predicted molar refractivity (Wildman–Crippen MR) is 128 cm³/mol. The summed E-state index contributed by atoms with van der Waals surface area (Å²) in [6.07, 6.45) is -0.895. The van der Waals surface area contributed by atoms with E-state index in [-0.39, 0.29) is 22.2 Å². The van der Waals surface area contributed by atoms with Crippen LogP contribution in [0.3, 0.4) is 0 Å². The molecule has 1 atom stereocenters. The second kappa shape index (κ2) is 9.22. The van der Waals surface area contributed by atoms with Crippen LogP contribution in [0.25, 0.3) is 33.3 Å². The van der Waals surface area contributed by atoms with Crippen molar-refractivity contribution in [2.75, 3.05) is 14.2 Å². The summed E-state index contributed by atoms with van der Waals surface area (Å²) >= 11 is 0. The van der Waals surface area contributed by atoms with Gasteiger partial charge in [-0.2, -0.15) is 5.26 Å². The van der Waals surface area contributed by atoms with Gasteiger partial charge < -0.3 is 19.7 Å². The van der Waals surface area contributed by atoms with E-state index in [9.17, 15) is 20.3 Å². The van der Waals surface area contributed by atoms with Crippen LogP contribution in [0, 0.1) is 11.3 Å². The molecule has 0 aliphatic rings. The zero-order valence-electron chi connectivity index (χ0n) is 18.9. The average Bonchev–Trinajstić information content (AvgIpc) is 2.86. The number of carboxylic acid groups (broad SMARTS) is 1. The van der Waals surface area contributed by atoms with E-state index in [1.807, 2.05) is 42.5 Å². The van der Waals surface area contributed by atoms with Crippen LogP contribution in [0.15, 0.2) is 60.7 Å². The van der Waals surface area contributed by atoms with Gasteiger partial charge in [-0.25, -0.2) is 9.78 Å². The molecule has 4 aromatic rings. The van der Waals surface area contributed by atoms with Gasteiger partial charge in [0.2, 0.25) is 0 Å². The third-order valence-corrected chi connectivity index (χ3v) is 5.69. The van der Waals surface area contributed by atoms with Gasteiger partial charge in [0.25, 0.3) is 0 Å². The Morgan fingerprint density at radius 1 is 1.00 bits per heavy atom. The molecule has 0 bridgehead atoms. The second-order valence-electron chi connectivity index (χ2n) is 7.69. The first-order valence-corrected chi connectivity index (χ1v) is 10.5. The highest BCUT2D eigenvalue weighted by Crippen LogP contribution is 2.37. The second-order valence-corrected chi connectivity index (χ2v) is 7.69. The number of para-hydroxylation sites is 1. The molecule has 7 nitrogen and oxygen atoms in total. The molecule has 0 aliphatic carbocycles. The summed E-state index contributed by atoms with van der Waals surface area (Å²) in [7, 11) is 3.07. The number of carbonyl (C=O) groups is 1. The number of rotatable bonds is 6. The number of methoxy groups -OCH3 is 2. The van der Waals surface area contributed by atoms with Gasteiger partial charge in [-0.1, -0.05) is 42.5 Å². The van der Waals surface area contributed by atoms with Crippen molar-refractivity contribution in [2.45, 2.75) is 13.0 Å². The first-order chi connectivity index (χ1) is 16.4. The number of nitriles is 1. The number of nitrogens with zero attached hydrogens (tertiary/aromatic N) is 2. The topological polar surface area (TPSA) is 113 Å². The molecule has 0 radical (unpaired) electrons. The van der Waals surface area contributed by atoms with Crippen molar-refractivity contribution in [1.82, 2.24) is 4.98 Å². The first-order valence-electron chi connectivity index (χ1n) is 10.5. The molecular weight excluding hydrogens is 432 g/mol. The number of aliphatic hydroxyl groups is 1. The van der Waals surface area contributed by atoms with Crippen LogP contribution in [0.4, 0.5) is 0 Å². The lowest BCUT2D eigenvalue weighted by atomic mass is 9.94. The van der Waals surface area contributed by atoms with E-state index in [0.717, 1.165) is 16.9 Å². The lowest BCUT2D eigenvalue weighted by Crippen LogP contribution is -2.07. The summed E-state index contributed by atoms with van der Waals surface area (Å²) in [5, 5.41) is 30.3. The van der Waals surface area contributed by atoms with Crippen LogP contribution in [0.5, 0.6) is 11.5 Å². The minimum Gasteiger partial charge on any atom is -0.496 e. The van der Waals surface area contributed by atoms with Gasteiger partial charge in [0, 0.05) is 28.1 Å². The van der Waals surface area contributed by atoms with Crippen molar-refractivity contribution in [2.24, 2.45) is 0 Å². The Bertz CT molecular complexity index is 1440. The summed E-state index contributed by atoms with van der Waals surface area (Å²) in [5.74, 6) is -0.142. The van der Waals surface area contributed by atoms with E-state index in [4.69, 9.17) is 9.47 Å². The minimum absolute atomic E-state index is 0.0493. The number of carboxylic acids is 1. The van der Waals surface area contributed by atoms with E-state index in [0.29, 0.717) is 22.4 Å². The Hall–Kier alpha value is -4.41. The van der Waals surface area contributed by atoms with Crippen molar-refractivity contribution < 1.29 is 24.5 Å². The molecule has 1 heterocycles. The molecule has 34 heavy (non-hydrogen) atoms. The van der Waals surface area contributed by atoms with Gasteiger partial charge in [-0.15, -0.1) is 0 Å². The van der Waals surface area contributed by atoms with Crippen LogP contribution < -0.4 is 9.47 Å². The summed E-state index contributed by atoms with van der Waals surface area (Å²) in [6, 6.07) is 20.1. The molecule has 170 valence electrons. The van der Waals surface area contributed by atoms with Crippen molar-refractivity contribution in [3.05, 3.63) is 77.4 Å². The van der Waals surface area contributed by atoms with Gasteiger partial charge in [-0.05, 0) is 24.6 Å². The largest absolute Gasteiger partial charge is 0.496 e. The molecule has 2 N–H and O–H groups in total. The lowest BCUT2D eigenvalue weighted by molar-refractivity contribution is 0.0698. The van der Waals surface area contributed by atoms with Crippen LogP contribution in [-0.4, -0.2) is 35.4 Å². The van der Waals surface area contributed by atoms with E-state index < -0.39 is 12.1 Å². The summed E-state index contributed by atoms with van der Waals surface area (Å²) < 4.78 is 10.8. The van der Waals surface area contributed by atoms with E-state index in [1.54, 1.807) is 32.2 Å². The average molecular weight is 454 g/mol. The number of aromatic carboxylic acids is 1. The molecule has 0 saturated carbocycles. The number of hydrogen-bond donors (Lipinski definition) is 2. The molecule has 0 spiro atoms. The van der Waals surface area contributed by atoms with Crippen molar-refractivity contribution >= 4 is 16.9 Å². The van der Waals surface area contributed by atoms with E-state index in [2.05, 4.69) is 4.98 Å². The van der Waals surface area contributed by atoms with Crippen LogP contribution in [-0.2, 0) is 0 Å². The molecule has 0 saturated heterocycles. The molecule has 0 aliphatic heterocycles. The van der Waals surface area contributed by atoms with Gasteiger partial charge in [0.1, 0.15) is 17.6 Å². The minimum atomic E-state index is -1.25. The molecule has 3 aromatic carbocycles. The number of fused-ring (bicyclic) bond motifs is 1. The molecule has 1 aromatic heterocycles. The normalized spacial score (nSPS) is 11.6. The van der Waals surface area contributed by atoms with Crippen molar-refractivity contribution in [1.29, 1.82) is 5.26 Å². The number of aromatic nitrogens is 1. The predicted octanol–water partition coefficient (Wildman–Crippen LogP) is 5.21. The number of hydrogen-bond acceptors (Lipinski definition) is 6. The summed E-state index contributed by atoms with van der Waals surface area (Å²) in [4.78, 5) is 16.9. The van der Waals surface area contributed by atoms with Gasteiger partial charge in [0.05, 0.1) is 42.7 Å². The molecule has 7 heteroatoms. The van der Waals surface area contributed by atoms with Gasteiger partial charge >= 0.3 is 5.97 Å². The van der Waals surface area contributed by atoms with E-state index in [1.165, 1.54) is 13.2 Å². The fourth-order valence-corrected chi connectivity index (χ4v) is 4.04. The number of benzene rings is 3. The lowest BCUT2D eigenvalue weighted by Gasteiger charge is -2.16. The maximum atomic E-state index is 12.2. The molecular formula is C27H22N2O5. The Balaban J connectivity index is 1.94. The molecule has 1 unspecified atom stereocenters. The first kappa shape index (κ1) is 22.8. The van der Waals surface area contributed by atoms with Gasteiger partial charge in [0.15, 0.2) is 0 Å². The smallest absolute Gasteiger partial charge is 0.337 e. The van der Waals surface area contributed by atoms with Crippen LogP contribution in [0.2, 0.25) is 0 Å². The quantitative estimate of drug-likeness (QED) is 0.411. The van der Waals surface area contributed by atoms with Crippen LogP contribution >= 0.6 is 0 Å². The van der Waals surface area contributed by atoms with Crippen molar-refractivity contribution in [3.63, 3.8) is 0 Å². The molecule has 0 amide bonds. The fourth-order valence-electron chi connectivity index (χ4n) is 4.04. The Kier molecular flexibility index (Phi) is 6.17. The Labute approximate surface area is 196 Å². The maximum absolute atomic E-state index is 12.2. The SMILES string of the molecule is COc1ccccc1-c1ccc(-c2nc3cc(OC)c(C(C)O)cc3c(C(=O)O)c2C#N)cc1.